The number of hydrogen-bond donors (Lipinski definition) is 1. The summed E-state index contributed by atoms with van der Waals surface area (Å²) < 4.78 is 30.6. The summed E-state index contributed by atoms with van der Waals surface area (Å²) in [5, 5.41) is 3.47. The molecule has 0 radical (unpaired) electrons. The highest BCUT2D eigenvalue weighted by Gasteiger charge is 2.30. The van der Waals surface area contributed by atoms with Crippen LogP contribution in [0.3, 0.4) is 0 Å². The first-order chi connectivity index (χ1) is 14.0. The minimum absolute atomic E-state index is 0.271. The molecule has 1 N–H and O–H groups in total. The van der Waals surface area contributed by atoms with Crippen LogP contribution >= 0.6 is 11.6 Å². The van der Waals surface area contributed by atoms with Crippen molar-refractivity contribution >= 4 is 38.9 Å². The lowest BCUT2D eigenvalue weighted by atomic mass is 10.1. The Hall–Kier alpha value is -2.29. The number of nitrogens with zero attached hydrogens (tertiary/aromatic N) is 2. The summed E-state index contributed by atoms with van der Waals surface area (Å²) in [5.74, 6) is 0.287. The zero-order valence-corrected chi connectivity index (χ0v) is 18.8. The molecule has 0 unspecified atom stereocenters. The lowest BCUT2D eigenvalue weighted by molar-refractivity contribution is -0.128. The van der Waals surface area contributed by atoms with E-state index in [1.807, 2.05) is 24.3 Å². The Morgan fingerprint density at radius 2 is 1.57 bits per heavy atom. The number of carbonyl (C=O) groups excluding carboxylic acids is 1. The van der Waals surface area contributed by atoms with Gasteiger partial charge in [0.1, 0.15) is 5.75 Å². The average Bonchev–Trinajstić information content (AvgIpc) is 2.69. The molecule has 30 heavy (non-hydrogen) atoms. The van der Waals surface area contributed by atoms with Crippen LogP contribution in [0.15, 0.2) is 48.5 Å². The maximum atomic E-state index is 12.7. The Morgan fingerprint density at radius 1 is 1.00 bits per heavy atom. The second kappa shape index (κ2) is 8.83. The fourth-order valence-electron chi connectivity index (χ4n) is 3.16. The van der Waals surface area contributed by atoms with Crippen LogP contribution in [0.1, 0.15) is 13.8 Å². The predicted molar refractivity (Wildman–Crippen MR) is 120 cm³/mol. The third kappa shape index (κ3) is 5.65. The van der Waals surface area contributed by atoms with Gasteiger partial charge in [0.15, 0.2) is 5.60 Å². The Morgan fingerprint density at radius 3 is 2.10 bits per heavy atom. The van der Waals surface area contributed by atoms with Gasteiger partial charge >= 0.3 is 0 Å². The molecule has 1 saturated heterocycles. The summed E-state index contributed by atoms with van der Waals surface area (Å²) in [4.78, 5) is 14.8. The average molecular weight is 452 g/mol. The van der Waals surface area contributed by atoms with Crippen molar-refractivity contribution in [1.29, 1.82) is 0 Å². The van der Waals surface area contributed by atoms with Gasteiger partial charge in [-0.15, -0.1) is 0 Å². The zero-order valence-electron chi connectivity index (χ0n) is 17.3. The second-order valence-corrected chi connectivity index (χ2v) is 10.1. The van der Waals surface area contributed by atoms with Gasteiger partial charge < -0.3 is 15.0 Å². The Kier molecular flexibility index (Phi) is 6.59. The molecule has 3 rings (SSSR count). The van der Waals surface area contributed by atoms with Crippen molar-refractivity contribution in [3.8, 4) is 5.75 Å². The Labute approximate surface area is 182 Å². The molecule has 1 heterocycles. The number of nitrogens with one attached hydrogen (secondary N) is 1. The minimum Gasteiger partial charge on any atom is -0.478 e. The number of carbonyl (C=O) groups is 1. The van der Waals surface area contributed by atoms with Crippen LogP contribution < -0.4 is 15.0 Å². The third-order valence-electron chi connectivity index (χ3n) is 4.93. The van der Waals surface area contributed by atoms with Gasteiger partial charge in [-0.3, -0.25) is 4.79 Å². The predicted octanol–water partition coefficient (Wildman–Crippen LogP) is 3.22. The summed E-state index contributed by atoms with van der Waals surface area (Å²) in [6, 6.07) is 14.3. The van der Waals surface area contributed by atoms with Gasteiger partial charge in [-0.1, -0.05) is 11.6 Å². The molecule has 1 fully saturated rings. The van der Waals surface area contributed by atoms with Crippen molar-refractivity contribution in [3.05, 3.63) is 53.6 Å². The first-order valence-corrected chi connectivity index (χ1v) is 11.8. The van der Waals surface area contributed by atoms with E-state index >= 15 is 0 Å². The number of ether oxygens (including phenoxy) is 1. The van der Waals surface area contributed by atoms with Crippen LogP contribution in [-0.2, 0) is 14.8 Å². The number of piperazine rings is 1. The first-order valence-electron chi connectivity index (χ1n) is 9.61. The molecule has 0 spiro atoms. The second-order valence-electron chi connectivity index (χ2n) is 7.72. The van der Waals surface area contributed by atoms with Crippen LogP contribution in [0, 0.1) is 0 Å². The third-order valence-corrected chi connectivity index (χ3v) is 6.49. The summed E-state index contributed by atoms with van der Waals surface area (Å²) in [5.41, 5.74) is 0.568. The first kappa shape index (κ1) is 22.4. The van der Waals surface area contributed by atoms with Gasteiger partial charge in [-0.05, 0) is 62.4 Å². The number of sulfonamides is 1. The zero-order chi connectivity index (χ0) is 21.9. The van der Waals surface area contributed by atoms with Gasteiger partial charge in [-0.25, -0.2) is 8.42 Å². The van der Waals surface area contributed by atoms with Gasteiger partial charge in [0.2, 0.25) is 10.0 Å². The van der Waals surface area contributed by atoms with E-state index in [2.05, 4.69) is 10.2 Å². The molecule has 0 atom stereocenters. The number of amides is 1. The van der Waals surface area contributed by atoms with Crippen molar-refractivity contribution in [2.75, 3.05) is 42.7 Å². The molecule has 7 nitrogen and oxygen atoms in total. The van der Waals surface area contributed by atoms with Crippen molar-refractivity contribution in [2.24, 2.45) is 0 Å². The van der Waals surface area contributed by atoms with Crippen molar-refractivity contribution < 1.29 is 17.9 Å². The molecule has 9 heteroatoms. The molecule has 0 aromatic heterocycles. The van der Waals surface area contributed by atoms with Crippen LogP contribution in [0.5, 0.6) is 5.75 Å². The molecule has 162 valence electrons. The van der Waals surface area contributed by atoms with Crippen LogP contribution in [0.4, 0.5) is 11.4 Å². The topological polar surface area (TPSA) is 79.0 Å². The fourth-order valence-corrected chi connectivity index (χ4v) is 4.11. The molecule has 1 aliphatic rings. The lowest BCUT2D eigenvalue weighted by Gasteiger charge is -2.34. The monoisotopic (exact) mass is 451 g/mol. The maximum Gasteiger partial charge on any atom is 0.267 e. The molecule has 1 amide bonds. The molecule has 1 aliphatic heterocycles. The summed E-state index contributed by atoms with van der Waals surface area (Å²) in [6.45, 7) is 5.59. The van der Waals surface area contributed by atoms with Crippen LogP contribution in [0.25, 0.3) is 0 Å². The van der Waals surface area contributed by atoms with E-state index in [4.69, 9.17) is 16.3 Å². The summed E-state index contributed by atoms with van der Waals surface area (Å²) in [6.07, 6.45) is 1.23. The highest BCUT2D eigenvalue weighted by atomic mass is 35.5. The maximum absolute atomic E-state index is 12.7. The summed E-state index contributed by atoms with van der Waals surface area (Å²) >= 11 is 5.88. The van der Waals surface area contributed by atoms with E-state index in [0.29, 0.717) is 42.6 Å². The lowest BCUT2D eigenvalue weighted by Crippen LogP contribution is -2.48. The van der Waals surface area contributed by atoms with Crippen molar-refractivity contribution in [1.82, 2.24) is 4.31 Å². The number of hydrogen-bond acceptors (Lipinski definition) is 5. The van der Waals surface area contributed by atoms with Crippen molar-refractivity contribution in [3.63, 3.8) is 0 Å². The van der Waals surface area contributed by atoms with Gasteiger partial charge in [-0.2, -0.15) is 4.31 Å². The quantitative estimate of drug-likeness (QED) is 0.729. The van der Waals surface area contributed by atoms with Gasteiger partial charge in [0.05, 0.1) is 6.26 Å². The van der Waals surface area contributed by atoms with Crippen molar-refractivity contribution in [2.45, 2.75) is 19.4 Å². The fraction of sp³-hybridized carbons (Fsp3) is 0.381. The largest absolute Gasteiger partial charge is 0.478 e. The minimum atomic E-state index is -3.15. The van der Waals surface area contributed by atoms with Crippen LogP contribution in [0.2, 0.25) is 5.02 Å². The molecule has 0 aliphatic carbocycles. The number of anilines is 2. The normalized spacial score (nSPS) is 15.7. The molecular weight excluding hydrogens is 426 g/mol. The van der Waals surface area contributed by atoms with E-state index < -0.39 is 15.6 Å². The van der Waals surface area contributed by atoms with Crippen LogP contribution in [-0.4, -0.2) is 56.7 Å². The van der Waals surface area contributed by atoms with E-state index in [1.54, 1.807) is 38.1 Å². The standard InChI is InChI=1S/C21H26ClN3O4S/c1-21(2,29-19-10-4-16(22)5-11-19)20(26)23-17-6-8-18(9-7-17)24-12-14-25(15-13-24)30(3,27)28/h4-11H,12-15H2,1-3H3,(H,23,26). The number of halogens is 1. The molecule has 2 aromatic carbocycles. The molecule has 2 aromatic rings. The van der Waals surface area contributed by atoms with E-state index in [9.17, 15) is 13.2 Å². The molecule has 0 bridgehead atoms. The molecule has 0 saturated carbocycles. The van der Waals surface area contributed by atoms with E-state index in [-0.39, 0.29) is 5.91 Å². The molecular formula is C21H26ClN3O4S. The smallest absolute Gasteiger partial charge is 0.267 e. The Bertz CT molecular complexity index is 984. The van der Waals surface area contributed by atoms with E-state index in [1.165, 1.54) is 10.6 Å². The van der Waals surface area contributed by atoms with E-state index in [0.717, 1.165) is 5.69 Å². The number of benzene rings is 2. The SMILES string of the molecule is CC(C)(Oc1ccc(Cl)cc1)C(=O)Nc1ccc(N2CCN(S(C)(=O)=O)CC2)cc1. The van der Waals surface area contributed by atoms with Gasteiger partial charge in [0.25, 0.3) is 5.91 Å². The highest BCUT2D eigenvalue weighted by Crippen LogP contribution is 2.24. The highest BCUT2D eigenvalue weighted by molar-refractivity contribution is 7.88. The van der Waals surface area contributed by atoms with Gasteiger partial charge in [0, 0.05) is 42.6 Å². The number of rotatable bonds is 6. The summed E-state index contributed by atoms with van der Waals surface area (Å²) in [7, 11) is -3.15. The Balaban J connectivity index is 1.58.